The average Bonchev–Trinajstić information content (AvgIpc) is 2.74. The van der Waals surface area contributed by atoms with E-state index in [1.165, 1.54) is 17.4 Å². The van der Waals surface area contributed by atoms with Crippen LogP contribution >= 0.6 is 22.9 Å². The predicted molar refractivity (Wildman–Crippen MR) is 83.6 cm³/mol. The van der Waals surface area contributed by atoms with E-state index in [-0.39, 0.29) is 4.90 Å². The summed E-state index contributed by atoms with van der Waals surface area (Å²) >= 11 is 7.31. The van der Waals surface area contributed by atoms with E-state index in [9.17, 15) is 8.42 Å². The Labute approximate surface area is 126 Å². The van der Waals surface area contributed by atoms with Crippen LogP contribution in [0.15, 0.2) is 29.2 Å². The van der Waals surface area contributed by atoms with E-state index in [4.69, 9.17) is 22.5 Å². The second-order valence-electron chi connectivity index (χ2n) is 4.30. The molecule has 0 radical (unpaired) electrons. The number of nitrogens with one attached hydrogen (secondary N) is 1. The Kier molecular flexibility index (Phi) is 4.24. The second-order valence-corrected chi connectivity index (χ2v) is 7.63. The van der Waals surface area contributed by atoms with E-state index in [2.05, 4.69) is 5.32 Å². The maximum atomic E-state index is 11.5. The van der Waals surface area contributed by atoms with E-state index >= 15 is 0 Å². The molecule has 0 unspecified atom stereocenters. The normalized spacial score (nSPS) is 11.6. The summed E-state index contributed by atoms with van der Waals surface area (Å²) in [6.45, 7) is 2.22. The first-order valence-corrected chi connectivity index (χ1v) is 8.42. The number of nitrogen functional groups attached to an aromatic ring is 1. The van der Waals surface area contributed by atoms with Gasteiger partial charge in [-0.15, -0.1) is 11.3 Å². The Morgan fingerprint density at radius 3 is 2.60 bits per heavy atom. The molecule has 1 heterocycles. The van der Waals surface area contributed by atoms with Gasteiger partial charge < -0.3 is 11.1 Å². The zero-order chi connectivity index (χ0) is 14.9. The number of rotatable bonds is 4. The molecule has 0 spiro atoms. The monoisotopic (exact) mass is 331 g/mol. The molecule has 0 fully saturated rings. The Morgan fingerprint density at radius 1 is 1.35 bits per heavy atom. The van der Waals surface area contributed by atoms with Gasteiger partial charge in [0.25, 0.3) is 0 Å². The first kappa shape index (κ1) is 15.1. The summed E-state index contributed by atoms with van der Waals surface area (Å²) in [5.74, 6) is 0. The molecule has 0 aliphatic carbocycles. The molecule has 0 amide bonds. The number of halogens is 1. The summed E-state index contributed by atoms with van der Waals surface area (Å²) < 4.78 is 23.7. The molecule has 5 nitrogen and oxygen atoms in total. The van der Waals surface area contributed by atoms with E-state index in [0.29, 0.717) is 27.8 Å². The molecule has 2 aromatic rings. The van der Waals surface area contributed by atoms with E-state index in [1.807, 2.05) is 12.1 Å². The highest BCUT2D eigenvalue weighted by Gasteiger charge is 2.15. The Morgan fingerprint density at radius 2 is 2.05 bits per heavy atom. The molecule has 0 bridgehead atoms. The first-order chi connectivity index (χ1) is 9.27. The van der Waals surface area contributed by atoms with E-state index in [0.717, 1.165) is 4.88 Å². The summed E-state index contributed by atoms with van der Waals surface area (Å²) in [6.07, 6.45) is 0. The second kappa shape index (κ2) is 5.61. The number of benzene rings is 1. The lowest BCUT2D eigenvalue weighted by Crippen LogP contribution is -2.15. The summed E-state index contributed by atoms with van der Waals surface area (Å²) in [7, 11) is -3.80. The van der Waals surface area contributed by atoms with Crippen LogP contribution in [0.25, 0.3) is 0 Å². The van der Waals surface area contributed by atoms with Gasteiger partial charge in [0, 0.05) is 22.8 Å². The fourth-order valence-corrected chi connectivity index (χ4v) is 3.68. The smallest absolute Gasteiger partial charge is 0.238 e. The maximum absolute atomic E-state index is 11.5. The highest BCUT2D eigenvalue weighted by Crippen LogP contribution is 2.28. The van der Waals surface area contributed by atoms with Crippen molar-refractivity contribution in [2.45, 2.75) is 18.4 Å². The van der Waals surface area contributed by atoms with Crippen LogP contribution in [0.4, 0.5) is 11.4 Å². The average molecular weight is 332 g/mol. The van der Waals surface area contributed by atoms with Crippen molar-refractivity contribution in [2.24, 2.45) is 5.14 Å². The number of sulfonamides is 1. The lowest BCUT2D eigenvalue weighted by Gasteiger charge is -2.13. The lowest BCUT2D eigenvalue weighted by molar-refractivity contribution is 0.597. The van der Waals surface area contributed by atoms with Gasteiger partial charge in [0.2, 0.25) is 10.0 Å². The van der Waals surface area contributed by atoms with Gasteiger partial charge in [-0.3, -0.25) is 0 Å². The van der Waals surface area contributed by atoms with Gasteiger partial charge >= 0.3 is 0 Å². The van der Waals surface area contributed by atoms with Gasteiger partial charge in [0.15, 0.2) is 0 Å². The summed E-state index contributed by atoms with van der Waals surface area (Å²) in [6, 6.07) is 6.75. The molecule has 108 valence electrons. The SMILES string of the molecule is Cc1c(NCc2ccc(Cl)s2)cc(N)cc1S(N)(=O)=O. The number of hydrogen-bond acceptors (Lipinski definition) is 5. The van der Waals surface area contributed by atoms with Gasteiger partial charge in [-0.2, -0.15) is 0 Å². The minimum atomic E-state index is -3.80. The molecular formula is C12H14ClN3O2S2. The topological polar surface area (TPSA) is 98.2 Å². The summed E-state index contributed by atoms with van der Waals surface area (Å²) in [5.41, 5.74) is 7.24. The van der Waals surface area contributed by atoms with Crippen LogP contribution in [0.3, 0.4) is 0 Å². The molecular weight excluding hydrogens is 318 g/mol. The molecule has 5 N–H and O–H groups in total. The third-order valence-corrected chi connectivity index (χ3v) is 5.04. The number of anilines is 2. The van der Waals surface area contributed by atoms with Gasteiger partial charge in [0.05, 0.1) is 9.23 Å². The van der Waals surface area contributed by atoms with Crippen molar-refractivity contribution in [1.29, 1.82) is 0 Å². The quantitative estimate of drug-likeness (QED) is 0.750. The fraction of sp³-hybridized carbons (Fsp3) is 0.167. The zero-order valence-corrected chi connectivity index (χ0v) is 13.1. The molecule has 0 aliphatic heterocycles. The van der Waals surface area contributed by atoms with Crippen molar-refractivity contribution < 1.29 is 8.42 Å². The van der Waals surface area contributed by atoms with Crippen LogP contribution in [-0.4, -0.2) is 8.42 Å². The number of nitrogens with two attached hydrogens (primary N) is 2. The van der Waals surface area contributed by atoms with Crippen molar-refractivity contribution in [3.05, 3.63) is 39.0 Å². The molecule has 0 saturated carbocycles. The Hall–Kier alpha value is -1.28. The van der Waals surface area contributed by atoms with Crippen molar-refractivity contribution in [1.82, 2.24) is 0 Å². The standard InChI is InChI=1S/C12H14ClN3O2S2/c1-7-10(16-6-9-2-3-12(13)19-9)4-8(14)5-11(7)20(15,17)18/h2-5,16H,6,14H2,1H3,(H2,15,17,18). The number of thiophene rings is 1. The third-order valence-electron chi connectivity index (χ3n) is 2.77. The molecule has 0 saturated heterocycles. The fourth-order valence-electron chi connectivity index (χ4n) is 1.82. The lowest BCUT2D eigenvalue weighted by atomic mass is 10.2. The van der Waals surface area contributed by atoms with Crippen molar-refractivity contribution in [3.63, 3.8) is 0 Å². The van der Waals surface area contributed by atoms with Crippen LogP contribution in [0.1, 0.15) is 10.4 Å². The number of primary sulfonamides is 1. The summed E-state index contributed by atoms with van der Waals surface area (Å²) in [4.78, 5) is 1.07. The summed E-state index contributed by atoms with van der Waals surface area (Å²) in [5, 5.41) is 8.33. The third kappa shape index (κ3) is 3.43. The van der Waals surface area contributed by atoms with Gasteiger partial charge in [0.1, 0.15) is 0 Å². The molecule has 20 heavy (non-hydrogen) atoms. The van der Waals surface area contributed by atoms with Crippen molar-refractivity contribution in [3.8, 4) is 0 Å². The zero-order valence-electron chi connectivity index (χ0n) is 10.7. The number of hydrogen-bond donors (Lipinski definition) is 3. The van der Waals surface area contributed by atoms with Crippen LogP contribution in [0.2, 0.25) is 4.34 Å². The van der Waals surface area contributed by atoms with Gasteiger partial charge in [-0.1, -0.05) is 11.6 Å². The molecule has 1 aromatic carbocycles. The molecule has 1 aromatic heterocycles. The molecule has 8 heteroatoms. The van der Waals surface area contributed by atoms with Crippen LogP contribution in [0, 0.1) is 6.92 Å². The van der Waals surface area contributed by atoms with Crippen molar-refractivity contribution in [2.75, 3.05) is 11.1 Å². The largest absolute Gasteiger partial charge is 0.399 e. The molecule has 0 aliphatic rings. The van der Waals surface area contributed by atoms with Crippen LogP contribution in [0.5, 0.6) is 0 Å². The highest BCUT2D eigenvalue weighted by molar-refractivity contribution is 7.89. The Balaban J connectivity index is 2.30. The minimum absolute atomic E-state index is 0.0317. The highest BCUT2D eigenvalue weighted by atomic mass is 35.5. The van der Waals surface area contributed by atoms with Gasteiger partial charge in [-0.05, 0) is 36.8 Å². The Bertz CT molecular complexity index is 741. The van der Waals surface area contributed by atoms with E-state index < -0.39 is 10.0 Å². The van der Waals surface area contributed by atoms with Crippen LogP contribution < -0.4 is 16.2 Å². The molecule has 0 atom stereocenters. The van der Waals surface area contributed by atoms with Gasteiger partial charge in [-0.25, -0.2) is 13.6 Å². The predicted octanol–water partition coefficient (Wildman–Crippen LogP) is 2.55. The minimum Gasteiger partial charge on any atom is -0.399 e. The maximum Gasteiger partial charge on any atom is 0.238 e. The molecule has 2 rings (SSSR count). The van der Waals surface area contributed by atoms with Crippen molar-refractivity contribution >= 4 is 44.3 Å². The van der Waals surface area contributed by atoms with Crippen LogP contribution in [-0.2, 0) is 16.6 Å². The van der Waals surface area contributed by atoms with E-state index in [1.54, 1.807) is 13.0 Å². The first-order valence-electron chi connectivity index (χ1n) is 5.68.